The van der Waals surface area contributed by atoms with Gasteiger partial charge in [0, 0.05) is 12.4 Å². The van der Waals surface area contributed by atoms with Crippen molar-refractivity contribution in [2.45, 2.75) is 0 Å². The molecular weight excluding hydrogens is 176 g/mol. The average molecular weight is 184 g/mol. The summed E-state index contributed by atoms with van der Waals surface area (Å²) in [6, 6.07) is 9.29. The number of nitriles is 1. The Balaban J connectivity index is 2.15. The van der Waals surface area contributed by atoms with E-state index < -0.39 is 0 Å². The van der Waals surface area contributed by atoms with Gasteiger partial charge in [-0.15, -0.1) is 0 Å². The molecule has 0 radical (unpaired) electrons. The van der Waals surface area contributed by atoms with E-state index in [4.69, 9.17) is 5.26 Å². The van der Waals surface area contributed by atoms with E-state index >= 15 is 0 Å². The molecule has 14 heavy (non-hydrogen) atoms. The topological polar surface area (TPSA) is 53.6 Å². The van der Waals surface area contributed by atoms with E-state index in [0.29, 0.717) is 5.69 Å². The summed E-state index contributed by atoms with van der Waals surface area (Å²) < 4.78 is 1.81. The van der Waals surface area contributed by atoms with Crippen LogP contribution in [-0.4, -0.2) is 9.66 Å². The van der Waals surface area contributed by atoms with Crippen molar-refractivity contribution >= 4 is 5.69 Å². The third-order valence-corrected chi connectivity index (χ3v) is 1.74. The number of hydrogen-bond acceptors (Lipinski definition) is 3. The van der Waals surface area contributed by atoms with E-state index in [1.807, 2.05) is 41.3 Å². The molecule has 0 aliphatic heterocycles. The van der Waals surface area contributed by atoms with Crippen LogP contribution in [0.3, 0.4) is 0 Å². The first kappa shape index (κ1) is 8.32. The van der Waals surface area contributed by atoms with Gasteiger partial charge < -0.3 is 0 Å². The molecule has 4 nitrogen and oxygen atoms in total. The highest BCUT2D eigenvalue weighted by Crippen LogP contribution is 2.05. The van der Waals surface area contributed by atoms with Crippen LogP contribution in [0.4, 0.5) is 5.69 Å². The van der Waals surface area contributed by atoms with Gasteiger partial charge >= 0.3 is 0 Å². The predicted octanol–water partition coefficient (Wildman–Crippen LogP) is 1.63. The molecule has 2 rings (SSSR count). The van der Waals surface area contributed by atoms with Crippen LogP contribution in [0.15, 0.2) is 42.9 Å². The van der Waals surface area contributed by atoms with Gasteiger partial charge in [-0.1, -0.05) is 0 Å². The smallest absolute Gasteiger partial charge is 0.140 e. The lowest BCUT2D eigenvalue weighted by molar-refractivity contribution is 0.966. The molecule has 2 heterocycles. The van der Waals surface area contributed by atoms with E-state index in [2.05, 4.69) is 10.4 Å². The molecular formula is C10H8N4. The summed E-state index contributed by atoms with van der Waals surface area (Å²) in [5.41, 5.74) is 4.35. The molecule has 0 aromatic carbocycles. The number of anilines is 1. The predicted molar refractivity (Wildman–Crippen MR) is 52.4 cm³/mol. The Bertz CT molecular complexity index is 436. The van der Waals surface area contributed by atoms with Crippen molar-refractivity contribution in [1.82, 2.24) is 9.66 Å². The lowest BCUT2D eigenvalue weighted by Gasteiger charge is -2.05. The molecule has 0 unspecified atom stereocenters. The molecule has 0 saturated carbocycles. The summed E-state index contributed by atoms with van der Waals surface area (Å²) in [6.45, 7) is 0. The van der Waals surface area contributed by atoms with Crippen molar-refractivity contribution in [3.05, 3.63) is 48.5 Å². The largest absolute Gasteiger partial charge is 0.293 e. The normalized spacial score (nSPS) is 9.36. The number of nitrogens with zero attached hydrogens (tertiary/aromatic N) is 3. The monoisotopic (exact) mass is 184 g/mol. The van der Waals surface area contributed by atoms with Crippen LogP contribution < -0.4 is 5.43 Å². The number of hydrogen-bond donors (Lipinski definition) is 1. The molecule has 0 aliphatic carbocycles. The second-order valence-corrected chi connectivity index (χ2v) is 2.75. The first-order chi connectivity index (χ1) is 6.88. The molecule has 0 aliphatic rings. The molecule has 0 bridgehead atoms. The van der Waals surface area contributed by atoms with Gasteiger partial charge in [0.05, 0.1) is 11.9 Å². The fourth-order valence-electron chi connectivity index (χ4n) is 1.08. The quantitative estimate of drug-likeness (QED) is 0.771. The van der Waals surface area contributed by atoms with Gasteiger partial charge in [0.15, 0.2) is 0 Å². The third-order valence-electron chi connectivity index (χ3n) is 1.74. The fraction of sp³-hybridized carbons (Fsp3) is 0. The Morgan fingerprint density at radius 3 is 2.64 bits per heavy atom. The molecule has 2 aromatic heterocycles. The lowest BCUT2D eigenvalue weighted by atomic mass is 10.3. The Labute approximate surface area is 81.4 Å². The minimum Gasteiger partial charge on any atom is -0.293 e. The van der Waals surface area contributed by atoms with Gasteiger partial charge in [-0.3, -0.25) is 10.1 Å². The van der Waals surface area contributed by atoms with Crippen LogP contribution in [0.1, 0.15) is 5.69 Å². The molecule has 0 amide bonds. The van der Waals surface area contributed by atoms with Crippen LogP contribution >= 0.6 is 0 Å². The minimum absolute atomic E-state index is 0.419. The first-order valence-electron chi connectivity index (χ1n) is 4.14. The van der Waals surface area contributed by atoms with Gasteiger partial charge in [-0.2, -0.15) is 5.26 Å². The maximum atomic E-state index is 8.55. The Morgan fingerprint density at radius 1 is 1.29 bits per heavy atom. The summed E-state index contributed by atoms with van der Waals surface area (Å²) in [6.07, 6.45) is 5.40. The zero-order valence-corrected chi connectivity index (χ0v) is 7.38. The van der Waals surface area contributed by atoms with Crippen molar-refractivity contribution in [2.24, 2.45) is 0 Å². The molecule has 0 spiro atoms. The standard InChI is InChI=1S/C10H8N4/c11-7-9-3-4-10(8-12-9)13-14-5-1-2-6-14/h1-6,8,13H. The van der Waals surface area contributed by atoms with Crippen molar-refractivity contribution in [1.29, 1.82) is 5.26 Å². The van der Waals surface area contributed by atoms with Gasteiger partial charge in [-0.05, 0) is 24.3 Å². The Hall–Kier alpha value is -2.28. The summed E-state index contributed by atoms with van der Waals surface area (Å²) in [7, 11) is 0. The van der Waals surface area contributed by atoms with Crippen molar-refractivity contribution < 1.29 is 0 Å². The number of nitrogens with one attached hydrogen (secondary N) is 1. The SMILES string of the molecule is N#Cc1ccc(Nn2cccc2)cn1. The molecule has 0 atom stereocenters. The highest BCUT2D eigenvalue weighted by atomic mass is 15.4. The van der Waals surface area contributed by atoms with Crippen molar-refractivity contribution in [2.75, 3.05) is 5.43 Å². The molecule has 4 heteroatoms. The molecule has 1 N–H and O–H groups in total. The first-order valence-corrected chi connectivity index (χ1v) is 4.14. The second kappa shape index (κ2) is 3.62. The van der Waals surface area contributed by atoms with Crippen LogP contribution in [-0.2, 0) is 0 Å². The van der Waals surface area contributed by atoms with E-state index in [9.17, 15) is 0 Å². The average Bonchev–Trinajstić information content (AvgIpc) is 2.72. The molecule has 0 saturated heterocycles. The van der Waals surface area contributed by atoms with Gasteiger partial charge in [-0.25, -0.2) is 4.98 Å². The van der Waals surface area contributed by atoms with Gasteiger partial charge in [0.1, 0.15) is 11.8 Å². The van der Waals surface area contributed by atoms with Gasteiger partial charge in [0.25, 0.3) is 0 Å². The van der Waals surface area contributed by atoms with Crippen LogP contribution in [0.5, 0.6) is 0 Å². The highest BCUT2D eigenvalue weighted by Gasteiger charge is 1.93. The summed E-state index contributed by atoms with van der Waals surface area (Å²) in [4.78, 5) is 3.94. The summed E-state index contributed by atoms with van der Waals surface area (Å²) >= 11 is 0. The van der Waals surface area contributed by atoms with Crippen LogP contribution in [0.25, 0.3) is 0 Å². The maximum Gasteiger partial charge on any atom is 0.140 e. The maximum absolute atomic E-state index is 8.55. The van der Waals surface area contributed by atoms with E-state index in [1.54, 1.807) is 12.3 Å². The summed E-state index contributed by atoms with van der Waals surface area (Å²) in [5, 5.41) is 8.55. The minimum atomic E-state index is 0.419. The van der Waals surface area contributed by atoms with E-state index in [1.165, 1.54) is 0 Å². The van der Waals surface area contributed by atoms with Gasteiger partial charge in [0.2, 0.25) is 0 Å². The third kappa shape index (κ3) is 1.72. The van der Waals surface area contributed by atoms with Crippen LogP contribution in [0.2, 0.25) is 0 Å². The Kier molecular flexibility index (Phi) is 2.15. The number of rotatable bonds is 2. The zero-order valence-electron chi connectivity index (χ0n) is 7.38. The number of pyridine rings is 1. The molecule has 0 fully saturated rings. The second-order valence-electron chi connectivity index (χ2n) is 2.75. The summed E-state index contributed by atoms with van der Waals surface area (Å²) in [5.74, 6) is 0. The zero-order chi connectivity index (χ0) is 9.80. The molecule has 68 valence electrons. The Morgan fingerprint density at radius 2 is 2.07 bits per heavy atom. The fourth-order valence-corrected chi connectivity index (χ4v) is 1.08. The van der Waals surface area contributed by atoms with Crippen LogP contribution in [0, 0.1) is 11.3 Å². The lowest BCUT2D eigenvalue weighted by Crippen LogP contribution is -2.05. The highest BCUT2D eigenvalue weighted by molar-refractivity contribution is 5.42. The van der Waals surface area contributed by atoms with E-state index in [0.717, 1.165) is 5.69 Å². The number of aromatic nitrogens is 2. The van der Waals surface area contributed by atoms with Crippen molar-refractivity contribution in [3.8, 4) is 6.07 Å². The van der Waals surface area contributed by atoms with Crippen molar-refractivity contribution in [3.63, 3.8) is 0 Å². The van der Waals surface area contributed by atoms with E-state index in [-0.39, 0.29) is 0 Å². The molecule has 2 aromatic rings.